The molecule has 0 N–H and O–H groups in total. The number of anilines is 1. The van der Waals surface area contributed by atoms with Gasteiger partial charge in [-0.2, -0.15) is 0 Å². The van der Waals surface area contributed by atoms with Crippen molar-refractivity contribution in [2.45, 2.75) is 13.8 Å². The third-order valence-electron chi connectivity index (χ3n) is 4.63. The molecule has 0 aliphatic rings. The predicted molar refractivity (Wildman–Crippen MR) is 108 cm³/mol. The largest absolute Gasteiger partial charge is 0.441 e. The molecule has 0 saturated heterocycles. The lowest BCUT2D eigenvalue weighted by Gasteiger charge is -2.20. The first-order chi connectivity index (χ1) is 13.2. The molecule has 1 amide bonds. The first kappa shape index (κ1) is 17.0. The first-order valence-corrected chi connectivity index (χ1v) is 9.01. The lowest BCUT2D eigenvalue weighted by molar-refractivity contribution is 0.0982. The predicted octanol–water partition coefficient (Wildman–Crippen LogP) is 5.47. The molecule has 3 aromatic carbocycles. The van der Waals surface area contributed by atoms with Crippen molar-refractivity contribution in [1.29, 1.82) is 0 Å². The van der Waals surface area contributed by atoms with E-state index in [0.717, 1.165) is 22.0 Å². The summed E-state index contributed by atoms with van der Waals surface area (Å²) in [7, 11) is 0. The fourth-order valence-electron chi connectivity index (χ4n) is 3.21. The molecule has 4 heteroatoms. The number of aromatic nitrogens is 1. The van der Waals surface area contributed by atoms with Crippen molar-refractivity contribution in [3.63, 3.8) is 0 Å². The van der Waals surface area contributed by atoms with Crippen molar-refractivity contribution >= 4 is 22.4 Å². The normalized spacial score (nSPS) is 10.9. The molecule has 0 unspecified atom stereocenters. The van der Waals surface area contributed by atoms with Gasteiger partial charge in [0.1, 0.15) is 5.76 Å². The number of carbonyl (C=O) groups is 1. The van der Waals surface area contributed by atoms with E-state index in [-0.39, 0.29) is 5.91 Å². The summed E-state index contributed by atoms with van der Waals surface area (Å²) in [5.74, 6) is 0.834. The van der Waals surface area contributed by atoms with Gasteiger partial charge in [0.25, 0.3) is 5.91 Å². The van der Waals surface area contributed by atoms with Crippen LogP contribution in [0.4, 0.5) is 5.69 Å². The maximum Gasteiger partial charge on any atom is 0.280 e. The minimum absolute atomic E-state index is 0.156. The number of hydrogen-bond donors (Lipinski definition) is 0. The van der Waals surface area contributed by atoms with Crippen molar-refractivity contribution < 1.29 is 9.21 Å². The Morgan fingerprint density at radius 2 is 1.67 bits per heavy atom. The minimum Gasteiger partial charge on any atom is -0.441 e. The Morgan fingerprint density at radius 3 is 2.41 bits per heavy atom. The molecule has 1 aromatic heterocycles. The highest BCUT2D eigenvalue weighted by Crippen LogP contribution is 2.26. The number of benzene rings is 3. The van der Waals surface area contributed by atoms with Crippen LogP contribution in [0.25, 0.3) is 22.2 Å². The Labute approximate surface area is 158 Å². The molecule has 0 saturated carbocycles. The molecule has 0 atom stereocenters. The lowest BCUT2D eigenvalue weighted by atomic mass is 10.1. The second-order valence-corrected chi connectivity index (χ2v) is 6.37. The molecule has 134 valence electrons. The van der Waals surface area contributed by atoms with Gasteiger partial charge >= 0.3 is 0 Å². The summed E-state index contributed by atoms with van der Waals surface area (Å²) < 4.78 is 5.76. The molecular formula is C23H20N2O2. The molecule has 4 nitrogen and oxygen atoms in total. The van der Waals surface area contributed by atoms with Crippen molar-refractivity contribution in [3.8, 4) is 11.5 Å². The summed E-state index contributed by atoms with van der Waals surface area (Å²) in [4.78, 5) is 19.4. The van der Waals surface area contributed by atoms with E-state index < -0.39 is 0 Å². The number of aryl methyl sites for hydroxylation is 1. The maximum atomic E-state index is 13.2. The third kappa shape index (κ3) is 3.22. The van der Waals surface area contributed by atoms with Gasteiger partial charge in [-0.3, -0.25) is 4.79 Å². The summed E-state index contributed by atoms with van der Waals surface area (Å²) in [5, 5.41) is 2.25. The zero-order valence-electron chi connectivity index (χ0n) is 15.3. The maximum absolute atomic E-state index is 13.2. The smallest absolute Gasteiger partial charge is 0.280 e. The van der Waals surface area contributed by atoms with Gasteiger partial charge < -0.3 is 9.32 Å². The first-order valence-electron chi connectivity index (χ1n) is 9.01. The van der Waals surface area contributed by atoms with Crippen LogP contribution < -0.4 is 4.90 Å². The molecule has 0 radical (unpaired) electrons. The molecule has 0 aliphatic carbocycles. The summed E-state index contributed by atoms with van der Waals surface area (Å²) >= 11 is 0. The molecular weight excluding hydrogens is 336 g/mol. The van der Waals surface area contributed by atoms with Gasteiger partial charge in [-0.25, -0.2) is 4.98 Å². The molecule has 0 aliphatic heterocycles. The Morgan fingerprint density at radius 1 is 0.963 bits per heavy atom. The fourth-order valence-corrected chi connectivity index (χ4v) is 3.21. The molecule has 27 heavy (non-hydrogen) atoms. The zero-order chi connectivity index (χ0) is 18.8. The van der Waals surface area contributed by atoms with Crippen molar-refractivity contribution in [2.75, 3.05) is 11.4 Å². The van der Waals surface area contributed by atoms with Crippen LogP contribution in [0.2, 0.25) is 0 Å². The fraction of sp³-hybridized carbons (Fsp3) is 0.130. The highest BCUT2D eigenvalue weighted by Gasteiger charge is 2.23. The van der Waals surface area contributed by atoms with E-state index in [1.54, 1.807) is 11.8 Å². The Kier molecular flexibility index (Phi) is 4.47. The molecule has 1 heterocycles. The van der Waals surface area contributed by atoms with Gasteiger partial charge in [-0.05, 0) is 48.9 Å². The molecule has 0 spiro atoms. The van der Waals surface area contributed by atoms with Gasteiger partial charge in [0.15, 0.2) is 5.69 Å². The third-order valence-corrected chi connectivity index (χ3v) is 4.63. The van der Waals surface area contributed by atoms with Gasteiger partial charge in [0.05, 0.1) is 0 Å². The lowest BCUT2D eigenvalue weighted by Crippen LogP contribution is -2.31. The molecule has 4 rings (SSSR count). The Hall–Kier alpha value is -3.40. The summed E-state index contributed by atoms with van der Waals surface area (Å²) in [6.45, 7) is 4.28. The average molecular weight is 356 g/mol. The van der Waals surface area contributed by atoms with E-state index in [1.807, 2.05) is 73.7 Å². The van der Waals surface area contributed by atoms with Crippen LogP contribution in [-0.4, -0.2) is 17.4 Å². The SMILES string of the molecule is CCN(C(=O)c1nc(-c2ccccc2)oc1C)c1ccc2ccccc2c1. The van der Waals surface area contributed by atoms with Crippen LogP contribution in [0.15, 0.2) is 77.2 Å². The van der Waals surface area contributed by atoms with Crippen molar-refractivity contribution in [2.24, 2.45) is 0 Å². The quantitative estimate of drug-likeness (QED) is 0.487. The molecule has 0 bridgehead atoms. The standard InChI is InChI=1S/C23H20N2O2/c1-3-25(20-14-13-17-9-7-8-12-19(17)15-20)23(26)21-16(2)27-22(24-21)18-10-5-4-6-11-18/h4-15H,3H2,1-2H3. The van der Waals surface area contributed by atoms with E-state index in [9.17, 15) is 4.79 Å². The van der Waals surface area contributed by atoms with Crippen LogP contribution in [0.5, 0.6) is 0 Å². The van der Waals surface area contributed by atoms with Crippen LogP contribution in [0, 0.1) is 6.92 Å². The number of rotatable bonds is 4. The number of carbonyl (C=O) groups excluding carboxylic acids is 1. The Balaban J connectivity index is 1.70. The number of nitrogens with zero attached hydrogens (tertiary/aromatic N) is 2. The van der Waals surface area contributed by atoms with Crippen molar-refractivity contribution in [1.82, 2.24) is 4.98 Å². The van der Waals surface area contributed by atoms with Gasteiger partial charge in [-0.1, -0.05) is 48.5 Å². The highest BCUT2D eigenvalue weighted by atomic mass is 16.4. The monoisotopic (exact) mass is 356 g/mol. The van der Waals surface area contributed by atoms with Gasteiger partial charge in [-0.15, -0.1) is 0 Å². The summed E-state index contributed by atoms with van der Waals surface area (Å²) in [6, 6.07) is 23.8. The van der Waals surface area contributed by atoms with Gasteiger partial charge in [0.2, 0.25) is 5.89 Å². The zero-order valence-corrected chi connectivity index (χ0v) is 15.3. The second-order valence-electron chi connectivity index (χ2n) is 6.37. The molecule has 4 aromatic rings. The van der Waals surface area contributed by atoms with E-state index in [1.165, 1.54) is 0 Å². The Bertz CT molecular complexity index is 1100. The van der Waals surface area contributed by atoms with E-state index in [4.69, 9.17) is 4.42 Å². The highest BCUT2D eigenvalue weighted by molar-refractivity contribution is 6.06. The van der Waals surface area contributed by atoms with Crippen LogP contribution in [-0.2, 0) is 0 Å². The van der Waals surface area contributed by atoms with E-state index >= 15 is 0 Å². The summed E-state index contributed by atoms with van der Waals surface area (Å²) in [5.41, 5.74) is 2.06. The van der Waals surface area contributed by atoms with E-state index in [2.05, 4.69) is 11.1 Å². The van der Waals surface area contributed by atoms with Crippen molar-refractivity contribution in [3.05, 3.63) is 84.3 Å². The van der Waals surface area contributed by atoms with E-state index in [0.29, 0.717) is 23.9 Å². The number of fused-ring (bicyclic) bond motifs is 1. The summed E-state index contributed by atoms with van der Waals surface area (Å²) in [6.07, 6.45) is 0. The topological polar surface area (TPSA) is 46.3 Å². The number of oxazole rings is 1. The second kappa shape index (κ2) is 7.08. The van der Waals surface area contributed by atoms with Gasteiger partial charge in [0, 0.05) is 17.8 Å². The minimum atomic E-state index is -0.156. The molecule has 0 fully saturated rings. The average Bonchev–Trinajstić information content (AvgIpc) is 3.11. The number of hydrogen-bond acceptors (Lipinski definition) is 3. The number of amides is 1. The van der Waals surface area contributed by atoms with Crippen LogP contribution >= 0.6 is 0 Å². The van der Waals surface area contributed by atoms with Crippen LogP contribution in [0.3, 0.4) is 0 Å². The van der Waals surface area contributed by atoms with Crippen LogP contribution in [0.1, 0.15) is 23.2 Å².